The Hall–Kier alpha value is -2.71. The van der Waals surface area contributed by atoms with Crippen LogP contribution in [0.1, 0.15) is 34.9 Å². The van der Waals surface area contributed by atoms with Gasteiger partial charge in [0.2, 0.25) is 0 Å². The lowest BCUT2D eigenvalue weighted by atomic mass is 10.0. The summed E-state index contributed by atoms with van der Waals surface area (Å²) in [7, 11) is 0. The van der Waals surface area contributed by atoms with Gasteiger partial charge in [-0.1, -0.05) is 12.1 Å². The van der Waals surface area contributed by atoms with Gasteiger partial charge in [-0.2, -0.15) is 5.26 Å². The largest absolute Gasteiger partial charge is 0.347 e. The molecule has 1 fully saturated rings. The summed E-state index contributed by atoms with van der Waals surface area (Å²) < 4.78 is 31.9. The van der Waals surface area contributed by atoms with Crippen molar-refractivity contribution in [1.82, 2.24) is 15.6 Å². The minimum Gasteiger partial charge on any atom is -0.347 e. The van der Waals surface area contributed by atoms with E-state index >= 15 is 0 Å². The maximum atomic E-state index is 12.5. The number of carbonyl (C=O) groups excluding carboxylic acids is 1. The van der Waals surface area contributed by atoms with E-state index in [0.717, 1.165) is 6.42 Å². The zero-order valence-electron chi connectivity index (χ0n) is 16.6. The first-order chi connectivity index (χ1) is 12.8. The van der Waals surface area contributed by atoms with Crippen LogP contribution >= 0.6 is 0 Å². The second-order valence-electron chi connectivity index (χ2n) is 5.51. The standard InChI is InChI=1S/C18H18N4O/c1-12-7-16(11-21-12)22-18(23)17-9-15(5-6-20-17)14-4-2-3-13(8-14)10-19/h2-6,8-9,12,16,21H,7,11H2,1H3,(H,22,23)/t12-,16-/m1/s1/i2D,3D,4D,8D. The number of carbonyl (C=O) groups is 1. The molecule has 2 atom stereocenters. The lowest BCUT2D eigenvalue weighted by molar-refractivity contribution is 0.0935. The molecule has 1 amide bonds. The molecule has 5 heteroatoms. The number of pyridine rings is 1. The van der Waals surface area contributed by atoms with E-state index in [1.807, 2.05) is 6.92 Å². The zero-order valence-corrected chi connectivity index (χ0v) is 12.6. The Balaban J connectivity index is 1.98. The summed E-state index contributed by atoms with van der Waals surface area (Å²) >= 11 is 0. The van der Waals surface area contributed by atoms with Crippen molar-refractivity contribution in [2.45, 2.75) is 25.4 Å². The van der Waals surface area contributed by atoms with Gasteiger partial charge in [0.1, 0.15) is 5.69 Å². The molecule has 0 spiro atoms. The average molecular weight is 310 g/mol. The third kappa shape index (κ3) is 3.55. The lowest BCUT2D eigenvalue weighted by Gasteiger charge is -2.11. The van der Waals surface area contributed by atoms with Gasteiger partial charge in [-0.05, 0) is 48.7 Å². The number of benzene rings is 1. The fraction of sp³-hybridized carbons (Fsp3) is 0.278. The molecule has 1 aromatic carbocycles. The van der Waals surface area contributed by atoms with Crippen LogP contribution in [0.25, 0.3) is 11.1 Å². The van der Waals surface area contributed by atoms with Crippen molar-refractivity contribution in [1.29, 1.82) is 5.26 Å². The van der Waals surface area contributed by atoms with Crippen molar-refractivity contribution < 1.29 is 10.3 Å². The fourth-order valence-corrected chi connectivity index (χ4v) is 2.56. The summed E-state index contributed by atoms with van der Waals surface area (Å²) in [5.74, 6) is -0.362. The first-order valence-corrected chi connectivity index (χ1v) is 7.34. The number of nitrogens with one attached hydrogen (secondary N) is 2. The number of hydrogen-bond donors (Lipinski definition) is 2. The lowest BCUT2D eigenvalue weighted by Crippen LogP contribution is -2.36. The highest BCUT2D eigenvalue weighted by Gasteiger charge is 2.23. The molecule has 1 aromatic heterocycles. The predicted octanol–water partition coefficient (Wildman–Crippen LogP) is 2.10. The molecule has 2 heterocycles. The van der Waals surface area contributed by atoms with Crippen LogP contribution in [0.3, 0.4) is 0 Å². The van der Waals surface area contributed by atoms with E-state index < -0.39 is 12.1 Å². The quantitative estimate of drug-likeness (QED) is 0.910. The molecule has 0 bridgehead atoms. The van der Waals surface area contributed by atoms with Crippen LogP contribution in [0.4, 0.5) is 0 Å². The van der Waals surface area contributed by atoms with Crippen LogP contribution in [0, 0.1) is 11.3 Å². The van der Waals surface area contributed by atoms with Gasteiger partial charge in [0, 0.05) is 24.8 Å². The van der Waals surface area contributed by atoms with E-state index in [2.05, 4.69) is 15.6 Å². The number of aromatic nitrogens is 1. The zero-order chi connectivity index (χ0) is 19.7. The van der Waals surface area contributed by atoms with Gasteiger partial charge in [0.05, 0.1) is 17.1 Å². The van der Waals surface area contributed by atoms with E-state index in [9.17, 15) is 10.1 Å². The van der Waals surface area contributed by atoms with Crippen molar-refractivity contribution in [3.8, 4) is 17.2 Å². The Morgan fingerprint density at radius 3 is 3.13 bits per heavy atom. The molecule has 3 rings (SSSR count). The number of rotatable bonds is 3. The summed E-state index contributed by atoms with van der Waals surface area (Å²) in [6.07, 6.45) is 2.21. The maximum absolute atomic E-state index is 12.5. The van der Waals surface area contributed by atoms with Gasteiger partial charge in [-0.25, -0.2) is 0 Å². The molecular weight excluding hydrogens is 288 g/mol. The molecule has 1 saturated heterocycles. The monoisotopic (exact) mass is 310 g/mol. The Morgan fingerprint density at radius 2 is 2.39 bits per heavy atom. The van der Waals surface area contributed by atoms with Gasteiger partial charge in [0.25, 0.3) is 5.91 Å². The maximum Gasteiger partial charge on any atom is 0.270 e. The highest BCUT2D eigenvalue weighted by molar-refractivity contribution is 5.93. The number of nitrogens with zero attached hydrogens (tertiary/aromatic N) is 2. The van der Waals surface area contributed by atoms with E-state index in [0.29, 0.717) is 18.2 Å². The third-order valence-electron chi connectivity index (χ3n) is 3.70. The molecule has 1 aliphatic rings. The van der Waals surface area contributed by atoms with Crippen molar-refractivity contribution in [2.75, 3.05) is 6.54 Å². The van der Waals surface area contributed by atoms with Crippen molar-refractivity contribution in [3.05, 3.63) is 53.8 Å². The summed E-state index contributed by atoms with van der Waals surface area (Å²) in [5, 5.41) is 15.3. The number of amides is 1. The van der Waals surface area contributed by atoms with Crippen LogP contribution in [-0.4, -0.2) is 29.5 Å². The minimum atomic E-state index is -0.439. The molecule has 0 unspecified atom stereocenters. The third-order valence-corrected chi connectivity index (χ3v) is 3.70. The van der Waals surface area contributed by atoms with Gasteiger partial charge in [-0.15, -0.1) is 0 Å². The number of nitriles is 1. The molecule has 2 N–H and O–H groups in total. The highest BCUT2D eigenvalue weighted by atomic mass is 16.1. The second-order valence-corrected chi connectivity index (χ2v) is 5.51. The smallest absolute Gasteiger partial charge is 0.270 e. The second kappa shape index (κ2) is 6.59. The number of hydrogen-bond acceptors (Lipinski definition) is 4. The summed E-state index contributed by atoms with van der Waals surface area (Å²) in [4.78, 5) is 16.6. The molecular formula is C18H18N4O. The molecule has 2 aromatic rings. The summed E-state index contributed by atoms with van der Waals surface area (Å²) in [5.41, 5.74) is 0.249. The van der Waals surface area contributed by atoms with Gasteiger partial charge < -0.3 is 10.6 Å². The molecule has 23 heavy (non-hydrogen) atoms. The first-order valence-electron chi connectivity index (χ1n) is 9.34. The Morgan fingerprint density at radius 1 is 1.52 bits per heavy atom. The van der Waals surface area contributed by atoms with Crippen LogP contribution in [0.2, 0.25) is 0 Å². The average Bonchev–Trinajstić information content (AvgIpc) is 3.05. The molecule has 1 aliphatic heterocycles. The Kier molecular flexibility index (Phi) is 3.13. The van der Waals surface area contributed by atoms with Gasteiger partial charge in [-0.3, -0.25) is 9.78 Å². The van der Waals surface area contributed by atoms with E-state index in [4.69, 9.17) is 5.48 Å². The Bertz CT molecular complexity index is 957. The highest BCUT2D eigenvalue weighted by Crippen LogP contribution is 2.20. The first kappa shape index (κ1) is 10.9. The predicted molar refractivity (Wildman–Crippen MR) is 87.7 cm³/mol. The van der Waals surface area contributed by atoms with Crippen molar-refractivity contribution >= 4 is 5.91 Å². The normalized spacial score (nSPS) is 22.4. The molecule has 5 nitrogen and oxygen atoms in total. The molecule has 116 valence electrons. The van der Waals surface area contributed by atoms with Gasteiger partial charge in [0.15, 0.2) is 0 Å². The van der Waals surface area contributed by atoms with E-state index in [1.54, 1.807) is 6.07 Å². The van der Waals surface area contributed by atoms with Gasteiger partial charge >= 0.3 is 0 Å². The summed E-state index contributed by atoms with van der Waals surface area (Å²) in [6.45, 7) is 2.72. The van der Waals surface area contributed by atoms with Crippen LogP contribution in [0.15, 0.2) is 42.5 Å². The van der Waals surface area contributed by atoms with E-state index in [-0.39, 0.29) is 40.9 Å². The minimum absolute atomic E-state index is 0.00376. The van der Waals surface area contributed by atoms with Crippen LogP contribution in [0.5, 0.6) is 0 Å². The SMILES string of the molecule is [2H]c1c([2H])c(C#N)c([2H])c(-c2ccnc(C(=O)N[C@H]3CN[C@H](C)C3)c2)c1[2H]. The molecule has 0 aliphatic carbocycles. The molecule has 0 saturated carbocycles. The van der Waals surface area contributed by atoms with Crippen LogP contribution < -0.4 is 10.6 Å². The van der Waals surface area contributed by atoms with E-state index in [1.165, 1.54) is 18.3 Å². The van der Waals surface area contributed by atoms with Crippen LogP contribution in [-0.2, 0) is 0 Å². The Labute approximate surface area is 141 Å². The fourth-order valence-electron chi connectivity index (χ4n) is 2.56. The summed E-state index contributed by atoms with van der Waals surface area (Å²) in [6, 6.07) is 3.56. The topological polar surface area (TPSA) is 77.8 Å². The van der Waals surface area contributed by atoms with Crippen molar-refractivity contribution in [2.24, 2.45) is 0 Å². The van der Waals surface area contributed by atoms with Crippen molar-refractivity contribution in [3.63, 3.8) is 0 Å². The molecule has 0 radical (unpaired) electrons.